The second kappa shape index (κ2) is 13.7. The fourth-order valence-corrected chi connectivity index (χ4v) is 7.44. The van der Waals surface area contributed by atoms with Crippen molar-refractivity contribution in [3.63, 3.8) is 0 Å². The number of carbonyl (C=O) groups is 2. The van der Waals surface area contributed by atoms with E-state index in [2.05, 4.69) is 17.9 Å². The summed E-state index contributed by atoms with van der Waals surface area (Å²) in [5.74, 6) is 0.823. The van der Waals surface area contributed by atoms with Crippen LogP contribution in [0.2, 0.25) is 5.02 Å². The Hall–Kier alpha value is -3.46. The molecule has 2 saturated heterocycles. The van der Waals surface area contributed by atoms with Gasteiger partial charge in [0, 0.05) is 35.1 Å². The average molecular weight is 643 g/mol. The zero-order chi connectivity index (χ0) is 30.8. The summed E-state index contributed by atoms with van der Waals surface area (Å²) in [6.45, 7) is 4.64. The number of ether oxygens (including phenoxy) is 3. The normalized spacial score (nSPS) is 23.5. The van der Waals surface area contributed by atoms with Crippen LogP contribution in [0.3, 0.4) is 0 Å². The number of likely N-dealkylation sites (tertiary alicyclic amines) is 2. The van der Waals surface area contributed by atoms with Crippen molar-refractivity contribution in [2.45, 2.75) is 43.1 Å². The van der Waals surface area contributed by atoms with E-state index in [0.717, 1.165) is 17.7 Å². The molecule has 2 amide bonds. The quantitative estimate of drug-likeness (QED) is 0.333. The third kappa shape index (κ3) is 5.83. The van der Waals surface area contributed by atoms with E-state index in [4.69, 9.17) is 31.5 Å². The number of hydrogen-bond donors (Lipinski definition) is 1. The van der Waals surface area contributed by atoms with Crippen molar-refractivity contribution in [1.82, 2.24) is 9.80 Å². The molecule has 8 nitrogen and oxygen atoms in total. The van der Waals surface area contributed by atoms with Crippen LogP contribution in [0.4, 0.5) is 0 Å². The summed E-state index contributed by atoms with van der Waals surface area (Å²) in [7, 11) is 4.60. The maximum absolute atomic E-state index is 14.1. The molecular weight excluding hydrogens is 601 g/mol. The summed E-state index contributed by atoms with van der Waals surface area (Å²) in [4.78, 5) is 31.8. The molecule has 0 bridgehead atoms. The van der Waals surface area contributed by atoms with Gasteiger partial charge in [0.1, 0.15) is 0 Å². The smallest absolute Gasteiger partial charge is 0.254 e. The highest BCUT2D eigenvalue weighted by Gasteiger charge is 2.55. The van der Waals surface area contributed by atoms with Gasteiger partial charge in [0.2, 0.25) is 11.7 Å². The molecule has 3 atom stereocenters. The molecule has 2 heterocycles. The van der Waals surface area contributed by atoms with Gasteiger partial charge >= 0.3 is 0 Å². The first-order chi connectivity index (χ1) is 20.7. The molecule has 44 heavy (non-hydrogen) atoms. The van der Waals surface area contributed by atoms with Crippen LogP contribution >= 0.6 is 24.0 Å². The number of hydrogen-bond acceptors (Lipinski definition) is 6. The molecule has 2 N–H and O–H groups in total. The van der Waals surface area contributed by atoms with Crippen molar-refractivity contribution in [3.05, 3.63) is 88.4 Å². The Labute approximate surface area is 270 Å². The lowest BCUT2D eigenvalue weighted by molar-refractivity contribution is -0.127. The number of primary amides is 1. The standard InChI is InChI=1S/C34H40ClN3O5.ClH/c1-5-37-16-14-33(32(36)40,24-10-7-6-8-11-24)21-29(37)34(25-12-9-13-26(35)20-25)15-17-38(22-34)31(39)23-18-27(41-2)30(43-4)28(19-23)42-3;/h6-13,18-20,29H,5,14-17,21-22H2,1-4H3,(H2,36,40);1H. The molecule has 0 aliphatic carbocycles. The van der Waals surface area contributed by atoms with E-state index in [-0.39, 0.29) is 30.3 Å². The van der Waals surface area contributed by atoms with Gasteiger partial charge in [-0.15, -0.1) is 12.4 Å². The van der Waals surface area contributed by atoms with Gasteiger partial charge in [-0.2, -0.15) is 0 Å². The second-order valence-corrected chi connectivity index (χ2v) is 11.9. The Morgan fingerprint density at radius 1 is 0.909 bits per heavy atom. The topological polar surface area (TPSA) is 94.3 Å². The molecule has 0 spiro atoms. The van der Waals surface area contributed by atoms with Crippen molar-refractivity contribution < 1.29 is 23.8 Å². The number of likely N-dealkylation sites (N-methyl/N-ethyl adjacent to an activating group) is 1. The van der Waals surface area contributed by atoms with Gasteiger partial charge in [-0.1, -0.05) is 61.0 Å². The van der Waals surface area contributed by atoms with Gasteiger partial charge in [0.25, 0.3) is 5.91 Å². The van der Waals surface area contributed by atoms with Gasteiger partial charge in [-0.3, -0.25) is 14.5 Å². The molecule has 2 aliphatic rings. The van der Waals surface area contributed by atoms with Gasteiger partial charge in [-0.05, 0) is 67.7 Å². The average Bonchev–Trinajstić information content (AvgIpc) is 3.50. The molecule has 10 heteroatoms. The predicted octanol–water partition coefficient (Wildman–Crippen LogP) is 5.48. The van der Waals surface area contributed by atoms with Gasteiger partial charge in [-0.25, -0.2) is 0 Å². The van der Waals surface area contributed by atoms with Gasteiger partial charge < -0.3 is 24.8 Å². The van der Waals surface area contributed by atoms with Crippen molar-refractivity contribution in [1.29, 1.82) is 0 Å². The minimum absolute atomic E-state index is 0. The highest BCUT2D eigenvalue weighted by atomic mass is 35.5. The number of rotatable bonds is 9. The van der Waals surface area contributed by atoms with E-state index in [1.807, 2.05) is 53.4 Å². The van der Waals surface area contributed by atoms with Crippen LogP contribution in [-0.2, 0) is 15.6 Å². The summed E-state index contributed by atoms with van der Waals surface area (Å²) < 4.78 is 16.5. The SMILES string of the molecule is CCN1CCC(C(N)=O)(c2ccccc2)CC1C1(c2cccc(Cl)c2)CCN(C(=O)c2cc(OC)c(OC)c(OC)c2)C1.Cl. The summed E-state index contributed by atoms with van der Waals surface area (Å²) >= 11 is 6.58. The van der Waals surface area contributed by atoms with Crippen molar-refractivity contribution >= 4 is 35.8 Å². The fraction of sp³-hybridized carbons (Fsp3) is 0.412. The van der Waals surface area contributed by atoms with E-state index in [0.29, 0.717) is 66.7 Å². The van der Waals surface area contributed by atoms with E-state index >= 15 is 0 Å². The summed E-state index contributed by atoms with van der Waals surface area (Å²) in [5.41, 5.74) is 7.36. The Morgan fingerprint density at radius 3 is 2.14 bits per heavy atom. The van der Waals surface area contributed by atoms with Crippen LogP contribution in [0.5, 0.6) is 17.2 Å². The Morgan fingerprint density at radius 2 is 1.57 bits per heavy atom. The van der Waals surface area contributed by atoms with Crippen LogP contribution in [0, 0.1) is 0 Å². The molecule has 3 aromatic rings. The molecule has 0 radical (unpaired) electrons. The van der Waals surface area contributed by atoms with Crippen molar-refractivity contribution in [3.8, 4) is 17.2 Å². The number of halogens is 2. The van der Waals surface area contributed by atoms with Crippen LogP contribution in [0.15, 0.2) is 66.7 Å². The van der Waals surface area contributed by atoms with Crippen LogP contribution in [0.1, 0.15) is 47.7 Å². The summed E-state index contributed by atoms with van der Waals surface area (Å²) in [5, 5.41) is 0.634. The lowest BCUT2D eigenvalue weighted by Gasteiger charge is -2.52. The fourth-order valence-electron chi connectivity index (χ4n) is 7.25. The molecule has 0 aromatic heterocycles. The Bertz CT molecular complexity index is 1460. The maximum atomic E-state index is 14.1. The third-order valence-corrected chi connectivity index (χ3v) is 9.78. The zero-order valence-corrected chi connectivity index (χ0v) is 27.2. The Balaban J connectivity index is 0.00000442. The molecule has 3 unspecified atom stereocenters. The van der Waals surface area contributed by atoms with Gasteiger partial charge in [0.15, 0.2) is 11.5 Å². The monoisotopic (exact) mass is 641 g/mol. The molecule has 2 fully saturated rings. The first-order valence-corrected chi connectivity index (χ1v) is 15.1. The number of benzene rings is 3. The van der Waals surface area contributed by atoms with Crippen molar-refractivity contribution in [2.75, 3.05) is 47.5 Å². The number of nitrogens with two attached hydrogens (primary N) is 1. The molecule has 0 saturated carbocycles. The Kier molecular flexibility index (Phi) is 10.4. The van der Waals surface area contributed by atoms with E-state index in [1.165, 1.54) is 21.3 Å². The largest absolute Gasteiger partial charge is 0.493 e. The molecule has 236 valence electrons. The summed E-state index contributed by atoms with van der Waals surface area (Å²) in [6.07, 6.45) is 1.88. The minimum atomic E-state index is -0.822. The zero-order valence-electron chi connectivity index (χ0n) is 25.7. The van der Waals surface area contributed by atoms with Crippen LogP contribution < -0.4 is 19.9 Å². The minimum Gasteiger partial charge on any atom is -0.493 e. The first-order valence-electron chi connectivity index (χ1n) is 14.7. The number of methoxy groups -OCH3 is 3. The number of piperidine rings is 1. The van der Waals surface area contributed by atoms with Gasteiger partial charge in [0.05, 0.1) is 26.7 Å². The number of amides is 2. The maximum Gasteiger partial charge on any atom is 0.254 e. The highest BCUT2D eigenvalue weighted by Crippen LogP contribution is 2.49. The van der Waals surface area contributed by atoms with E-state index in [9.17, 15) is 9.59 Å². The molecule has 2 aliphatic heterocycles. The second-order valence-electron chi connectivity index (χ2n) is 11.5. The number of nitrogens with zero attached hydrogens (tertiary/aromatic N) is 2. The molecular formula is C34H41Cl2N3O5. The van der Waals surface area contributed by atoms with E-state index < -0.39 is 10.8 Å². The molecule has 3 aromatic carbocycles. The first kappa shape index (κ1) is 33.4. The van der Waals surface area contributed by atoms with E-state index in [1.54, 1.807) is 12.1 Å². The van der Waals surface area contributed by atoms with Crippen LogP contribution in [0.25, 0.3) is 0 Å². The predicted molar refractivity (Wildman–Crippen MR) is 175 cm³/mol. The molecule has 5 rings (SSSR count). The highest BCUT2D eigenvalue weighted by molar-refractivity contribution is 6.30. The third-order valence-electron chi connectivity index (χ3n) is 9.55. The lowest BCUT2D eigenvalue weighted by atomic mass is 9.61. The van der Waals surface area contributed by atoms with Crippen molar-refractivity contribution in [2.24, 2.45) is 5.73 Å². The summed E-state index contributed by atoms with van der Waals surface area (Å²) in [6, 6.07) is 21.1. The number of carbonyl (C=O) groups excluding carboxylic acids is 2. The van der Waals surface area contributed by atoms with Crippen LogP contribution in [-0.4, -0.2) is 75.2 Å². The lowest BCUT2D eigenvalue weighted by Crippen LogP contribution is -2.61.